The average Bonchev–Trinajstić information content (AvgIpc) is 3.40. The predicted octanol–water partition coefficient (Wildman–Crippen LogP) is 6.57. The molecular weight excluding hydrogens is 586 g/mol. The maximum atomic E-state index is 13.4. The minimum absolute atomic E-state index is 0.153. The standard InChI is InChI=1S/C33H36ClN3O5S/c34-29-17-9-18-30-28(29)23-31(37(30)21-10-15-25-11-3-1-4-12-25)32(38)35-43(40,41)22-19-27-16-7-8-20-36(27)33(39)42-24-26-13-5-2-6-14-26/h1-6,9,11-14,17-18,23,27H,7-8,10,15-16,19-22,24H2,(H,35,38)/t27-/m0/s1. The molecule has 1 aromatic heterocycles. The molecule has 0 bridgehead atoms. The molecule has 0 unspecified atom stereocenters. The van der Waals surface area contributed by atoms with Crippen LogP contribution in [0.15, 0.2) is 84.9 Å². The van der Waals surface area contributed by atoms with Crippen LogP contribution in [-0.4, -0.2) is 48.2 Å². The molecule has 4 aromatic rings. The summed E-state index contributed by atoms with van der Waals surface area (Å²) in [6, 6.07) is 26.3. The molecule has 226 valence electrons. The number of aryl methyl sites for hydroxylation is 2. The Morgan fingerprint density at radius 3 is 2.40 bits per heavy atom. The Morgan fingerprint density at radius 2 is 1.65 bits per heavy atom. The number of hydrogen-bond acceptors (Lipinski definition) is 5. The third-order valence-corrected chi connectivity index (χ3v) is 9.45. The number of fused-ring (bicyclic) bond motifs is 1. The summed E-state index contributed by atoms with van der Waals surface area (Å²) >= 11 is 6.44. The van der Waals surface area contributed by atoms with Crippen molar-refractivity contribution in [2.24, 2.45) is 0 Å². The molecule has 0 spiro atoms. The van der Waals surface area contributed by atoms with Crippen LogP contribution in [0.1, 0.15) is 53.7 Å². The monoisotopic (exact) mass is 621 g/mol. The first-order chi connectivity index (χ1) is 20.8. The normalized spacial score (nSPS) is 15.4. The van der Waals surface area contributed by atoms with Gasteiger partial charge in [-0.1, -0.05) is 78.3 Å². The number of amides is 2. The molecular formula is C33H36ClN3O5S. The first kappa shape index (κ1) is 30.6. The highest BCUT2D eigenvalue weighted by atomic mass is 35.5. The van der Waals surface area contributed by atoms with Crippen LogP contribution >= 0.6 is 11.6 Å². The van der Waals surface area contributed by atoms with Crippen LogP contribution in [0, 0.1) is 0 Å². The van der Waals surface area contributed by atoms with Gasteiger partial charge in [0.05, 0.1) is 11.3 Å². The molecule has 10 heteroatoms. The number of aromatic nitrogens is 1. The number of likely N-dealkylation sites (tertiary alicyclic amines) is 1. The van der Waals surface area contributed by atoms with Gasteiger partial charge in [0.1, 0.15) is 12.3 Å². The SMILES string of the molecule is O=C(NS(=O)(=O)CC[C@@H]1CCCCN1C(=O)OCc1ccccc1)c1cc2c(Cl)cccc2n1CCCc1ccccc1. The van der Waals surface area contributed by atoms with E-state index in [9.17, 15) is 18.0 Å². The van der Waals surface area contributed by atoms with Gasteiger partial charge in [0.15, 0.2) is 0 Å². The quantitative estimate of drug-likeness (QED) is 0.204. The number of halogens is 1. The van der Waals surface area contributed by atoms with Crippen molar-refractivity contribution >= 4 is 44.5 Å². The molecule has 1 fully saturated rings. The van der Waals surface area contributed by atoms with Gasteiger partial charge in [0.25, 0.3) is 5.91 Å². The Hall–Kier alpha value is -3.82. The number of piperidine rings is 1. The van der Waals surface area contributed by atoms with Crippen molar-refractivity contribution in [3.63, 3.8) is 0 Å². The zero-order chi connectivity index (χ0) is 30.2. The van der Waals surface area contributed by atoms with E-state index in [1.54, 1.807) is 17.0 Å². The second-order valence-corrected chi connectivity index (χ2v) is 13.1. The van der Waals surface area contributed by atoms with Crippen molar-refractivity contribution < 1.29 is 22.7 Å². The molecule has 5 rings (SSSR count). The summed E-state index contributed by atoms with van der Waals surface area (Å²) in [5.41, 5.74) is 3.08. The van der Waals surface area contributed by atoms with E-state index in [0.717, 1.165) is 36.8 Å². The first-order valence-electron chi connectivity index (χ1n) is 14.6. The van der Waals surface area contributed by atoms with Crippen LogP contribution in [-0.2, 0) is 34.3 Å². The fraction of sp³-hybridized carbons (Fsp3) is 0.333. The molecule has 1 aliphatic heterocycles. The number of carbonyl (C=O) groups excluding carboxylic acids is 2. The van der Waals surface area contributed by atoms with Crippen molar-refractivity contribution in [1.82, 2.24) is 14.2 Å². The maximum absolute atomic E-state index is 13.4. The van der Waals surface area contributed by atoms with Gasteiger partial charge in [-0.2, -0.15) is 0 Å². The van der Waals surface area contributed by atoms with Crippen molar-refractivity contribution in [2.45, 2.75) is 57.7 Å². The molecule has 8 nitrogen and oxygen atoms in total. The summed E-state index contributed by atoms with van der Waals surface area (Å²) < 4.78 is 35.9. The summed E-state index contributed by atoms with van der Waals surface area (Å²) in [5, 5.41) is 1.19. The molecule has 43 heavy (non-hydrogen) atoms. The number of nitrogens with zero attached hydrogens (tertiary/aromatic N) is 2. The third-order valence-electron chi connectivity index (χ3n) is 7.85. The van der Waals surface area contributed by atoms with Crippen LogP contribution in [0.2, 0.25) is 5.02 Å². The molecule has 1 N–H and O–H groups in total. The van der Waals surface area contributed by atoms with Crippen LogP contribution < -0.4 is 4.72 Å². The van der Waals surface area contributed by atoms with Gasteiger partial charge in [0.2, 0.25) is 10.0 Å². The van der Waals surface area contributed by atoms with E-state index >= 15 is 0 Å². The molecule has 2 heterocycles. The first-order valence-corrected chi connectivity index (χ1v) is 16.7. The number of carbonyl (C=O) groups is 2. The summed E-state index contributed by atoms with van der Waals surface area (Å²) in [7, 11) is -3.99. The zero-order valence-electron chi connectivity index (χ0n) is 24.0. The number of hydrogen-bond donors (Lipinski definition) is 1. The fourth-order valence-corrected chi connectivity index (χ4v) is 6.94. The summed E-state index contributed by atoms with van der Waals surface area (Å²) in [6.45, 7) is 1.18. The second kappa shape index (κ2) is 14.1. The minimum Gasteiger partial charge on any atom is -0.445 e. The van der Waals surface area contributed by atoms with E-state index in [-0.39, 0.29) is 30.5 Å². The summed E-state index contributed by atoms with van der Waals surface area (Å²) in [4.78, 5) is 27.9. The number of nitrogens with one attached hydrogen (secondary N) is 1. The van der Waals surface area contributed by atoms with Crippen LogP contribution in [0.5, 0.6) is 0 Å². The highest BCUT2D eigenvalue weighted by molar-refractivity contribution is 7.90. The van der Waals surface area contributed by atoms with Gasteiger partial charge in [-0.25, -0.2) is 17.9 Å². The highest BCUT2D eigenvalue weighted by Gasteiger charge is 2.30. The van der Waals surface area contributed by atoms with Gasteiger partial charge in [0, 0.05) is 29.5 Å². The number of rotatable bonds is 11. The van der Waals surface area contributed by atoms with E-state index < -0.39 is 22.0 Å². The minimum atomic E-state index is -3.99. The lowest BCUT2D eigenvalue weighted by Crippen LogP contribution is -2.45. The van der Waals surface area contributed by atoms with E-state index in [2.05, 4.69) is 16.9 Å². The van der Waals surface area contributed by atoms with E-state index in [1.165, 1.54) is 5.56 Å². The molecule has 1 aliphatic rings. The van der Waals surface area contributed by atoms with Gasteiger partial charge < -0.3 is 14.2 Å². The highest BCUT2D eigenvalue weighted by Crippen LogP contribution is 2.28. The predicted molar refractivity (Wildman–Crippen MR) is 169 cm³/mol. The van der Waals surface area contributed by atoms with E-state index in [1.807, 2.05) is 65.2 Å². The smallest absolute Gasteiger partial charge is 0.410 e. The second-order valence-electron chi connectivity index (χ2n) is 10.9. The van der Waals surface area contributed by atoms with E-state index in [4.69, 9.17) is 16.3 Å². The van der Waals surface area contributed by atoms with E-state index in [0.29, 0.717) is 29.9 Å². The number of benzene rings is 3. The maximum Gasteiger partial charge on any atom is 0.410 e. The third kappa shape index (κ3) is 7.97. The largest absolute Gasteiger partial charge is 0.445 e. The lowest BCUT2D eigenvalue weighted by molar-refractivity contribution is 0.0672. The fourth-order valence-electron chi connectivity index (χ4n) is 5.64. The molecule has 0 saturated carbocycles. The summed E-state index contributed by atoms with van der Waals surface area (Å²) in [6.07, 6.45) is 3.72. The average molecular weight is 622 g/mol. The van der Waals surface area contributed by atoms with Crippen molar-refractivity contribution in [3.05, 3.63) is 107 Å². The van der Waals surface area contributed by atoms with Crippen LogP contribution in [0.3, 0.4) is 0 Å². The molecule has 1 saturated heterocycles. The lowest BCUT2D eigenvalue weighted by atomic mass is 10.0. The molecule has 1 atom stereocenters. The lowest BCUT2D eigenvalue weighted by Gasteiger charge is -2.34. The Morgan fingerprint density at radius 1 is 0.930 bits per heavy atom. The molecule has 2 amide bonds. The Balaban J connectivity index is 1.23. The van der Waals surface area contributed by atoms with Gasteiger partial charge in [-0.3, -0.25) is 4.79 Å². The van der Waals surface area contributed by atoms with Gasteiger partial charge in [-0.05, 0) is 67.9 Å². The Kier molecular flexibility index (Phi) is 10.0. The van der Waals surface area contributed by atoms with Crippen molar-refractivity contribution in [1.29, 1.82) is 0 Å². The van der Waals surface area contributed by atoms with Gasteiger partial charge in [-0.15, -0.1) is 0 Å². The van der Waals surface area contributed by atoms with Crippen LogP contribution in [0.25, 0.3) is 10.9 Å². The zero-order valence-corrected chi connectivity index (χ0v) is 25.5. The van der Waals surface area contributed by atoms with Crippen molar-refractivity contribution in [2.75, 3.05) is 12.3 Å². The molecule has 0 aliphatic carbocycles. The molecule has 3 aromatic carbocycles. The topological polar surface area (TPSA) is 97.7 Å². The number of ether oxygens (including phenoxy) is 1. The summed E-state index contributed by atoms with van der Waals surface area (Å²) in [5.74, 6) is -0.990. The van der Waals surface area contributed by atoms with Crippen LogP contribution in [0.4, 0.5) is 4.79 Å². The van der Waals surface area contributed by atoms with Crippen molar-refractivity contribution in [3.8, 4) is 0 Å². The Bertz CT molecular complexity index is 1660. The Labute approximate surface area is 257 Å². The number of sulfonamides is 1. The van der Waals surface area contributed by atoms with Gasteiger partial charge >= 0.3 is 6.09 Å². The molecule has 0 radical (unpaired) electrons.